The summed E-state index contributed by atoms with van der Waals surface area (Å²) in [5.74, 6) is 0. The van der Waals surface area contributed by atoms with E-state index in [0.717, 1.165) is 10.5 Å². The van der Waals surface area contributed by atoms with E-state index in [1.54, 1.807) is 12.1 Å². The zero-order valence-corrected chi connectivity index (χ0v) is 18.1. The van der Waals surface area contributed by atoms with E-state index >= 15 is 0 Å². The van der Waals surface area contributed by atoms with E-state index in [0.29, 0.717) is 0 Å². The smallest absolute Gasteiger partial charge is 0.427 e. The van der Waals surface area contributed by atoms with Gasteiger partial charge in [-0.05, 0) is 18.4 Å². The van der Waals surface area contributed by atoms with Crippen LogP contribution in [0.15, 0.2) is 30.3 Å². The van der Waals surface area contributed by atoms with Crippen molar-refractivity contribution in [1.82, 2.24) is 13.9 Å². The van der Waals surface area contributed by atoms with Crippen molar-refractivity contribution < 1.29 is 41.0 Å². The van der Waals surface area contributed by atoms with Gasteiger partial charge in [0, 0.05) is 32.7 Å². The van der Waals surface area contributed by atoms with Gasteiger partial charge < -0.3 is 19.5 Å². The molecule has 13 heteroatoms. The molecule has 1 spiro atoms. The number of halogens is 3. The molecule has 1 aromatic rings. The van der Waals surface area contributed by atoms with Crippen LogP contribution >= 0.6 is 0 Å². The first-order chi connectivity index (χ1) is 15.0. The maximum Gasteiger partial charge on any atom is 0.427 e. The van der Waals surface area contributed by atoms with E-state index in [1.807, 2.05) is 18.2 Å². The van der Waals surface area contributed by atoms with Gasteiger partial charge in [-0.1, -0.05) is 30.3 Å². The number of carbonyl (C=O) groups excluding carboxylic acids is 1. The molecule has 2 N–H and O–H groups in total. The molecule has 1 atom stereocenters. The summed E-state index contributed by atoms with van der Waals surface area (Å²) in [6.45, 7) is -0.738. The van der Waals surface area contributed by atoms with Crippen LogP contribution < -0.4 is 4.72 Å². The Kier molecular flexibility index (Phi) is 7.65. The molecule has 2 saturated heterocycles. The highest BCUT2D eigenvalue weighted by Gasteiger charge is 2.46. The van der Waals surface area contributed by atoms with Crippen molar-refractivity contribution in [2.24, 2.45) is 0 Å². The summed E-state index contributed by atoms with van der Waals surface area (Å²) in [4.78, 5) is 13.2. The van der Waals surface area contributed by atoms with Crippen molar-refractivity contribution in [2.75, 3.05) is 39.4 Å². The predicted molar refractivity (Wildman–Crippen MR) is 107 cm³/mol. The molecular formula is C19H26F3N3O6S. The number of aliphatic hydroxyl groups is 1. The van der Waals surface area contributed by atoms with Gasteiger partial charge in [0.25, 0.3) is 10.2 Å². The van der Waals surface area contributed by atoms with Gasteiger partial charge in [-0.2, -0.15) is 30.6 Å². The molecule has 1 aromatic carbocycles. The van der Waals surface area contributed by atoms with E-state index in [9.17, 15) is 26.4 Å². The number of piperidine rings is 1. The van der Waals surface area contributed by atoms with Gasteiger partial charge in [0.05, 0.1) is 18.8 Å². The van der Waals surface area contributed by atoms with E-state index in [1.165, 1.54) is 4.31 Å². The summed E-state index contributed by atoms with van der Waals surface area (Å²) < 4.78 is 77.7. The van der Waals surface area contributed by atoms with Gasteiger partial charge in [-0.25, -0.2) is 4.79 Å². The number of nitrogens with zero attached hydrogens (tertiary/aromatic N) is 2. The Hall–Kier alpha value is -1.93. The van der Waals surface area contributed by atoms with Crippen molar-refractivity contribution in [1.29, 1.82) is 0 Å². The summed E-state index contributed by atoms with van der Waals surface area (Å²) in [6.07, 6.45) is -8.16. The lowest BCUT2D eigenvalue weighted by molar-refractivity contribution is -0.215. The molecule has 180 valence electrons. The lowest BCUT2D eigenvalue weighted by Crippen LogP contribution is -2.60. The van der Waals surface area contributed by atoms with Crippen LogP contribution in [0.25, 0.3) is 0 Å². The Balaban J connectivity index is 1.55. The van der Waals surface area contributed by atoms with Crippen LogP contribution in [0.5, 0.6) is 0 Å². The van der Waals surface area contributed by atoms with Gasteiger partial charge in [0.15, 0.2) is 0 Å². The van der Waals surface area contributed by atoms with E-state index in [4.69, 9.17) is 9.84 Å². The van der Waals surface area contributed by atoms with Gasteiger partial charge in [-0.3, -0.25) is 0 Å². The van der Waals surface area contributed by atoms with Gasteiger partial charge in [-0.15, -0.1) is 0 Å². The zero-order chi connectivity index (χ0) is 23.4. The minimum absolute atomic E-state index is 0.0418. The molecule has 0 aliphatic carbocycles. The average Bonchev–Trinajstić information content (AvgIpc) is 2.76. The summed E-state index contributed by atoms with van der Waals surface area (Å²) in [6, 6.07) is 9.06. The minimum atomic E-state index is -4.87. The SMILES string of the molecule is O=C(O[C@H](CO)C(F)(F)F)N1CCC2(CC1)CN(S(=O)(=O)NCc1ccccc1)CCO2. The molecule has 0 unspecified atom stereocenters. The quantitative estimate of drug-likeness (QED) is 0.633. The highest BCUT2D eigenvalue weighted by molar-refractivity contribution is 7.87. The normalized spacial score (nSPS) is 20.8. The van der Waals surface area contributed by atoms with Gasteiger partial charge in [0.1, 0.15) is 0 Å². The lowest BCUT2D eigenvalue weighted by Gasteiger charge is -2.46. The molecular weight excluding hydrogens is 455 g/mol. The van der Waals surface area contributed by atoms with Crippen LogP contribution in [0.3, 0.4) is 0 Å². The molecule has 32 heavy (non-hydrogen) atoms. The van der Waals surface area contributed by atoms with Gasteiger partial charge >= 0.3 is 12.3 Å². The molecule has 2 aliphatic heterocycles. The fourth-order valence-electron chi connectivity index (χ4n) is 3.68. The third-order valence-electron chi connectivity index (χ3n) is 5.56. The van der Waals surface area contributed by atoms with Crippen molar-refractivity contribution in [2.45, 2.75) is 37.3 Å². The molecule has 2 aliphatic rings. The lowest BCUT2D eigenvalue weighted by atomic mass is 9.90. The third kappa shape index (κ3) is 6.10. The van der Waals surface area contributed by atoms with Crippen molar-refractivity contribution >= 4 is 16.3 Å². The summed E-state index contributed by atoms with van der Waals surface area (Å²) in [5.41, 5.74) is -0.0253. The highest BCUT2D eigenvalue weighted by Crippen LogP contribution is 2.32. The third-order valence-corrected chi connectivity index (χ3v) is 7.06. The zero-order valence-electron chi connectivity index (χ0n) is 17.3. The van der Waals surface area contributed by atoms with Crippen molar-refractivity contribution in [3.63, 3.8) is 0 Å². The number of carbonyl (C=O) groups is 1. The van der Waals surface area contributed by atoms with Crippen LogP contribution in [0.1, 0.15) is 18.4 Å². The number of alkyl halides is 3. The molecule has 1 amide bonds. The fourth-order valence-corrected chi connectivity index (χ4v) is 4.93. The molecule has 2 fully saturated rings. The molecule has 0 radical (unpaired) electrons. The summed E-state index contributed by atoms with van der Waals surface area (Å²) in [5, 5.41) is 8.83. The molecule has 9 nitrogen and oxygen atoms in total. The number of benzene rings is 1. The number of nitrogens with one attached hydrogen (secondary N) is 1. The van der Waals surface area contributed by atoms with Crippen LogP contribution in [0.4, 0.5) is 18.0 Å². The predicted octanol–water partition coefficient (Wildman–Crippen LogP) is 1.25. The van der Waals surface area contributed by atoms with Crippen molar-refractivity contribution in [3.05, 3.63) is 35.9 Å². The standard InChI is InChI=1S/C19H26F3N3O6S/c20-19(21,22)16(13-26)31-17(27)24-8-6-18(7-9-24)14-25(10-11-30-18)32(28,29)23-12-15-4-2-1-3-5-15/h1-5,16,23,26H,6-14H2/t16-/m1/s1. The number of hydrogen-bond donors (Lipinski definition) is 2. The Morgan fingerprint density at radius 2 is 1.88 bits per heavy atom. The first kappa shape index (κ1) is 24.7. The topological polar surface area (TPSA) is 108 Å². The number of rotatable bonds is 6. The number of likely N-dealkylation sites (tertiary alicyclic amines) is 1. The molecule has 3 rings (SSSR count). The largest absolute Gasteiger partial charge is 0.434 e. The van der Waals surface area contributed by atoms with Crippen LogP contribution in [0, 0.1) is 0 Å². The highest BCUT2D eigenvalue weighted by atomic mass is 32.2. The number of amides is 1. The average molecular weight is 481 g/mol. The van der Waals surface area contributed by atoms with E-state index < -0.39 is 40.8 Å². The first-order valence-corrected chi connectivity index (χ1v) is 11.5. The first-order valence-electron chi connectivity index (χ1n) is 10.1. The Bertz CT molecular complexity index is 876. The Labute approximate surface area is 184 Å². The molecule has 0 bridgehead atoms. The van der Waals surface area contributed by atoms with Crippen LogP contribution in [0.2, 0.25) is 0 Å². The Morgan fingerprint density at radius 1 is 1.22 bits per heavy atom. The summed E-state index contributed by atoms with van der Waals surface area (Å²) in [7, 11) is -3.78. The number of aliphatic hydroxyl groups excluding tert-OH is 1. The molecule has 0 aromatic heterocycles. The van der Waals surface area contributed by atoms with Gasteiger partial charge in [0.2, 0.25) is 6.10 Å². The Morgan fingerprint density at radius 3 is 2.47 bits per heavy atom. The second kappa shape index (κ2) is 9.91. The second-order valence-corrected chi connectivity index (χ2v) is 9.52. The van der Waals surface area contributed by atoms with E-state index in [2.05, 4.69) is 9.46 Å². The number of hydrogen-bond acceptors (Lipinski definition) is 6. The van der Waals surface area contributed by atoms with Crippen LogP contribution in [-0.2, 0) is 26.2 Å². The number of ether oxygens (including phenoxy) is 2. The maximum atomic E-state index is 12.8. The maximum absolute atomic E-state index is 12.8. The summed E-state index contributed by atoms with van der Waals surface area (Å²) >= 11 is 0. The molecule has 2 heterocycles. The second-order valence-electron chi connectivity index (χ2n) is 7.76. The van der Waals surface area contributed by atoms with E-state index in [-0.39, 0.29) is 52.2 Å². The minimum Gasteiger partial charge on any atom is -0.434 e. The number of morpholine rings is 1. The monoisotopic (exact) mass is 481 g/mol. The molecule has 0 saturated carbocycles. The fraction of sp³-hybridized carbons (Fsp3) is 0.632. The van der Waals surface area contributed by atoms with Crippen molar-refractivity contribution in [3.8, 4) is 0 Å². The van der Waals surface area contributed by atoms with Crippen LogP contribution in [-0.4, -0.2) is 86.1 Å².